The van der Waals surface area contributed by atoms with E-state index in [0.717, 1.165) is 16.7 Å². The zero-order valence-electron chi connectivity index (χ0n) is 17.6. The monoisotopic (exact) mass is 456 g/mol. The first kappa shape index (κ1) is 22.8. The molecule has 2 N–H and O–H groups in total. The van der Waals surface area contributed by atoms with Crippen LogP contribution in [0.2, 0.25) is 5.02 Å². The fraction of sp³-hybridized carbons (Fsp3) is 0.208. The first-order valence-electron chi connectivity index (χ1n) is 9.90. The van der Waals surface area contributed by atoms with Crippen LogP contribution < -0.4 is 10.0 Å². The van der Waals surface area contributed by atoms with Gasteiger partial charge in [0.1, 0.15) is 4.90 Å². The second-order valence-corrected chi connectivity index (χ2v) is 9.65. The van der Waals surface area contributed by atoms with Crippen LogP contribution in [-0.4, -0.2) is 20.9 Å². The summed E-state index contributed by atoms with van der Waals surface area (Å²) in [6.45, 7) is 6.14. The maximum absolute atomic E-state index is 13.0. The third-order valence-corrected chi connectivity index (χ3v) is 6.90. The van der Waals surface area contributed by atoms with Crippen molar-refractivity contribution in [1.29, 1.82) is 0 Å². The summed E-state index contributed by atoms with van der Waals surface area (Å²) in [6, 6.07) is 19.6. The van der Waals surface area contributed by atoms with E-state index in [1.807, 2.05) is 63.2 Å². The lowest BCUT2D eigenvalue weighted by molar-refractivity contribution is 0.0951. The fourth-order valence-electron chi connectivity index (χ4n) is 3.14. The van der Waals surface area contributed by atoms with Crippen LogP contribution in [0, 0.1) is 13.8 Å². The molecule has 1 amide bonds. The molecule has 0 aliphatic carbocycles. The Morgan fingerprint density at radius 1 is 1.00 bits per heavy atom. The summed E-state index contributed by atoms with van der Waals surface area (Å²) in [5, 5.41) is 2.91. The molecule has 0 unspecified atom stereocenters. The van der Waals surface area contributed by atoms with E-state index in [2.05, 4.69) is 10.0 Å². The quantitative estimate of drug-likeness (QED) is 0.507. The predicted octanol–water partition coefficient (Wildman–Crippen LogP) is 5.29. The number of amides is 1. The molecule has 0 saturated carbocycles. The fourth-order valence-corrected chi connectivity index (χ4v) is 4.79. The molecule has 0 radical (unpaired) electrons. The summed E-state index contributed by atoms with van der Waals surface area (Å²) in [5.74, 6) is -0.241. The molecule has 0 fully saturated rings. The maximum atomic E-state index is 13.0. The number of hydrogen-bond acceptors (Lipinski definition) is 3. The molecule has 0 saturated heterocycles. The van der Waals surface area contributed by atoms with Crippen LogP contribution in [-0.2, 0) is 10.0 Å². The van der Waals surface area contributed by atoms with Gasteiger partial charge in [-0.1, -0.05) is 61.0 Å². The van der Waals surface area contributed by atoms with Crippen LogP contribution >= 0.6 is 11.6 Å². The van der Waals surface area contributed by atoms with Gasteiger partial charge in [0.25, 0.3) is 15.9 Å². The predicted molar refractivity (Wildman–Crippen MR) is 125 cm³/mol. The molecule has 0 spiro atoms. The molecule has 0 bridgehead atoms. The molecule has 3 rings (SSSR count). The number of nitrogens with one attached hydrogen (secondary N) is 2. The summed E-state index contributed by atoms with van der Waals surface area (Å²) < 4.78 is 28.5. The van der Waals surface area contributed by atoms with Crippen molar-refractivity contribution in [3.8, 4) is 0 Å². The van der Waals surface area contributed by atoms with Crippen molar-refractivity contribution in [2.75, 3.05) is 11.3 Å². The molecule has 31 heavy (non-hydrogen) atoms. The lowest BCUT2D eigenvalue weighted by Gasteiger charge is -2.15. The molecule has 0 heterocycles. The van der Waals surface area contributed by atoms with Gasteiger partial charge in [0, 0.05) is 12.1 Å². The van der Waals surface area contributed by atoms with Crippen LogP contribution in [0.4, 0.5) is 5.69 Å². The van der Waals surface area contributed by atoms with Gasteiger partial charge >= 0.3 is 0 Å². The summed E-state index contributed by atoms with van der Waals surface area (Å²) >= 11 is 6.18. The first-order valence-corrected chi connectivity index (χ1v) is 11.8. The normalized spacial score (nSPS) is 12.3. The number of benzene rings is 3. The van der Waals surface area contributed by atoms with Gasteiger partial charge in [0.2, 0.25) is 0 Å². The van der Waals surface area contributed by atoms with E-state index in [-0.39, 0.29) is 27.3 Å². The second kappa shape index (κ2) is 9.54. The van der Waals surface area contributed by atoms with Gasteiger partial charge in [-0.3, -0.25) is 9.52 Å². The summed E-state index contributed by atoms with van der Waals surface area (Å²) in [6.07, 6.45) is 0. The molecule has 1 atom stereocenters. The standard InChI is InChI=1S/C24H25ClN2O3S/c1-16-9-10-17(2)22(13-16)27-31(29,30)23-14-20(11-12-21(23)25)24(28)26-15-18(3)19-7-5-4-6-8-19/h4-14,18,27H,15H2,1-3H3,(H,26,28)/t18-/m1/s1. The van der Waals surface area contributed by atoms with Gasteiger partial charge in [0.15, 0.2) is 0 Å². The number of hydrogen-bond donors (Lipinski definition) is 2. The molecule has 0 aromatic heterocycles. The number of rotatable bonds is 7. The van der Waals surface area contributed by atoms with Crippen molar-refractivity contribution in [3.05, 3.63) is 94.0 Å². The smallest absolute Gasteiger partial charge is 0.263 e. The molecule has 0 aliphatic heterocycles. The van der Waals surface area contributed by atoms with Gasteiger partial charge in [-0.25, -0.2) is 8.42 Å². The van der Waals surface area contributed by atoms with Crippen molar-refractivity contribution in [2.24, 2.45) is 0 Å². The number of carbonyl (C=O) groups is 1. The highest BCUT2D eigenvalue weighted by Gasteiger charge is 2.21. The summed E-state index contributed by atoms with van der Waals surface area (Å²) in [7, 11) is -3.98. The number of sulfonamides is 1. The minimum atomic E-state index is -3.98. The van der Waals surface area contributed by atoms with E-state index in [1.54, 1.807) is 6.07 Å². The number of halogens is 1. The number of anilines is 1. The minimum Gasteiger partial charge on any atom is -0.351 e. The number of aryl methyl sites for hydroxylation is 2. The van der Waals surface area contributed by atoms with Crippen LogP contribution in [0.25, 0.3) is 0 Å². The van der Waals surface area contributed by atoms with E-state index < -0.39 is 10.0 Å². The third kappa shape index (κ3) is 5.66. The van der Waals surface area contributed by atoms with Crippen LogP contribution in [0.15, 0.2) is 71.6 Å². The van der Waals surface area contributed by atoms with Crippen molar-refractivity contribution in [2.45, 2.75) is 31.6 Å². The van der Waals surface area contributed by atoms with Gasteiger partial charge < -0.3 is 5.32 Å². The molecule has 3 aromatic carbocycles. The van der Waals surface area contributed by atoms with E-state index >= 15 is 0 Å². The van der Waals surface area contributed by atoms with Crippen LogP contribution in [0.1, 0.15) is 39.9 Å². The Labute approximate surface area is 188 Å². The molecule has 5 nitrogen and oxygen atoms in total. The average molecular weight is 457 g/mol. The Hall–Kier alpha value is -2.83. The van der Waals surface area contributed by atoms with E-state index in [0.29, 0.717) is 12.2 Å². The summed E-state index contributed by atoms with van der Waals surface area (Å²) in [5.41, 5.74) is 3.53. The molecular formula is C24H25ClN2O3S. The Morgan fingerprint density at radius 2 is 1.71 bits per heavy atom. The largest absolute Gasteiger partial charge is 0.351 e. The highest BCUT2D eigenvalue weighted by Crippen LogP contribution is 2.27. The Kier molecular flexibility index (Phi) is 7.03. The maximum Gasteiger partial charge on any atom is 0.263 e. The van der Waals surface area contributed by atoms with Crippen molar-refractivity contribution in [1.82, 2.24) is 5.32 Å². The number of carbonyl (C=O) groups excluding carboxylic acids is 1. The van der Waals surface area contributed by atoms with Gasteiger partial charge in [-0.15, -0.1) is 0 Å². The van der Waals surface area contributed by atoms with E-state index in [1.165, 1.54) is 18.2 Å². The second-order valence-electron chi connectivity index (χ2n) is 7.59. The molecular weight excluding hydrogens is 432 g/mol. The van der Waals surface area contributed by atoms with Crippen molar-refractivity contribution < 1.29 is 13.2 Å². The zero-order valence-corrected chi connectivity index (χ0v) is 19.2. The summed E-state index contributed by atoms with van der Waals surface area (Å²) in [4.78, 5) is 12.5. The zero-order chi connectivity index (χ0) is 22.6. The highest BCUT2D eigenvalue weighted by atomic mass is 35.5. The average Bonchev–Trinajstić information content (AvgIpc) is 2.75. The molecule has 3 aromatic rings. The lowest BCUT2D eigenvalue weighted by Crippen LogP contribution is -2.27. The van der Waals surface area contributed by atoms with Crippen LogP contribution in [0.5, 0.6) is 0 Å². The molecule has 162 valence electrons. The van der Waals surface area contributed by atoms with Crippen LogP contribution in [0.3, 0.4) is 0 Å². The van der Waals surface area contributed by atoms with Gasteiger partial charge in [-0.05, 0) is 60.7 Å². The van der Waals surface area contributed by atoms with Gasteiger partial charge in [0.05, 0.1) is 10.7 Å². The lowest BCUT2D eigenvalue weighted by atomic mass is 10.0. The highest BCUT2D eigenvalue weighted by molar-refractivity contribution is 7.92. The van der Waals surface area contributed by atoms with Crippen molar-refractivity contribution >= 4 is 33.2 Å². The Balaban J connectivity index is 1.79. The van der Waals surface area contributed by atoms with E-state index in [9.17, 15) is 13.2 Å². The Bertz CT molecular complexity index is 1190. The first-order chi connectivity index (χ1) is 14.7. The molecule has 0 aliphatic rings. The Morgan fingerprint density at radius 3 is 2.42 bits per heavy atom. The third-order valence-electron chi connectivity index (χ3n) is 5.06. The van der Waals surface area contributed by atoms with Crippen molar-refractivity contribution in [3.63, 3.8) is 0 Å². The van der Waals surface area contributed by atoms with E-state index in [4.69, 9.17) is 11.6 Å². The minimum absolute atomic E-state index is 0.0482. The SMILES string of the molecule is Cc1ccc(C)c(NS(=O)(=O)c2cc(C(=O)NC[C@@H](C)c3ccccc3)ccc2Cl)c1. The van der Waals surface area contributed by atoms with Gasteiger partial charge in [-0.2, -0.15) is 0 Å². The molecule has 7 heteroatoms. The topological polar surface area (TPSA) is 75.3 Å².